The molecule has 0 fully saturated rings. The van der Waals surface area contributed by atoms with Gasteiger partial charge in [-0.05, 0) is 24.3 Å². The van der Waals surface area contributed by atoms with Crippen LogP contribution in [0.3, 0.4) is 0 Å². The Hall–Kier alpha value is -2.21. The molecular weight excluding hydrogens is 219 g/mol. The van der Waals surface area contributed by atoms with Gasteiger partial charge in [0.25, 0.3) is 0 Å². The quantitative estimate of drug-likeness (QED) is 0.755. The van der Waals surface area contributed by atoms with E-state index in [1.807, 2.05) is 0 Å². The van der Waals surface area contributed by atoms with Crippen LogP contribution in [0.5, 0.6) is 5.75 Å². The van der Waals surface area contributed by atoms with Crippen molar-refractivity contribution in [1.29, 1.82) is 0 Å². The van der Waals surface area contributed by atoms with Crippen LogP contribution in [-0.4, -0.2) is 7.11 Å². The molecule has 17 heavy (non-hydrogen) atoms. The summed E-state index contributed by atoms with van der Waals surface area (Å²) in [6, 6.07) is 6.66. The van der Waals surface area contributed by atoms with E-state index >= 15 is 0 Å². The third kappa shape index (κ3) is 2.16. The maximum absolute atomic E-state index is 13.8. The van der Waals surface area contributed by atoms with Crippen LogP contribution in [0.2, 0.25) is 0 Å². The summed E-state index contributed by atoms with van der Waals surface area (Å²) < 4.78 is 24.0. The Morgan fingerprint density at radius 3 is 2.88 bits per heavy atom. The number of furan rings is 1. The second kappa shape index (κ2) is 4.75. The van der Waals surface area contributed by atoms with Crippen molar-refractivity contribution in [2.24, 2.45) is 0 Å². The minimum Gasteiger partial charge on any atom is -0.493 e. The molecule has 0 spiro atoms. The summed E-state index contributed by atoms with van der Waals surface area (Å²) in [6.07, 6.45) is 7.11. The van der Waals surface area contributed by atoms with Crippen LogP contribution in [0.4, 0.5) is 4.39 Å². The van der Waals surface area contributed by atoms with Crippen LogP contribution in [0.25, 0.3) is 11.3 Å². The van der Waals surface area contributed by atoms with Crippen LogP contribution in [0, 0.1) is 18.2 Å². The molecule has 0 atom stereocenters. The number of methoxy groups -OCH3 is 1. The average Bonchev–Trinajstić information content (AvgIpc) is 2.82. The van der Waals surface area contributed by atoms with E-state index in [9.17, 15) is 4.39 Å². The molecule has 0 aliphatic rings. The Morgan fingerprint density at radius 1 is 1.47 bits per heavy atom. The Morgan fingerprint density at radius 2 is 2.29 bits per heavy atom. The minimum atomic E-state index is -0.438. The lowest BCUT2D eigenvalue weighted by Gasteiger charge is -2.09. The number of terminal acetylenes is 1. The molecule has 0 amide bonds. The van der Waals surface area contributed by atoms with Crippen LogP contribution < -0.4 is 4.74 Å². The van der Waals surface area contributed by atoms with Gasteiger partial charge in [0.15, 0.2) is 11.6 Å². The summed E-state index contributed by atoms with van der Waals surface area (Å²) in [5, 5.41) is 0. The molecule has 1 aromatic heterocycles. The topological polar surface area (TPSA) is 22.4 Å². The predicted molar refractivity (Wildman–Crippen MR) is 63.2 cm³/mol. The summed E-state index contributed by atoms with van der Waals surface area (Å²) in [5.74, 6) is 2.84. The van der Waals surface area contributed by atoms with Gasteiger partial charge in [-0.2, -0.15) is 0 Å². The highest BCUT2D eigenvalue weighted by molar-refractivity contribution is 5.61. The Kier molecular flexibility index (Phi) is 3.15. The lowest BCUT2D eigenvalue weighted by molar-refractivity contribution is 0.382. The van der Waals surface area contributed by atoms with E-state index in [0.717, 1.165) is 0 Å². The van der Waals surface area contributed by atoms with Gasteiger partial charge < -0.3 is 9.15 Å². The van der Waals surface area contributed by atoms with Crippen LogP contribution in [0.1, 0.15) is 5.56 Å². The minimum absolute atomic E-state index is 0.193. The zero-order valence-electron chi connectivity index (χ0n) is 9.37. The molecule has 0 unspecified atom stereocenters. The fraction of sp³-hybridized carbons (Fsp3) is 0.143. The van der Waals surface area contributed by atoms with Gasteiger partial charge in [-0.25, -0.2) is 4.39 Å². The predicted octanol–water partition coefficient (Wildman–Crippen LogP) is 3.27. The van der Waals surface area contributed by atoms with E-state index in [1.54, 1.807) is 24.5 Å². The summed E-state index contributed by atoms with van der Waals surface area (Å²) in [7, 11) is 1.42. The van der Waals surface area contributed by atoms with Crippen molar-refractivity contribution in [3.63, 3.8) is 0 Å². The van der Waals surface area contributed by atoms with Gasteiger partial charge in [0, 0.05) is 17.5 Å². The largest absolute Gasteiger partial charge is 0.493 e. The summed E-state index contributed by atoms with van der Waals surface area (Å²) in [4.78, 5) is 0. The summed E-state index contributed by atoms with van der Waals surface area (Å²) >= 11 is 0. The van der Waals surface area contributed by atoms with Gasteiger partial charge in [-0.1, -0.05) is 0 Å². The number of rotatable bonds is 3. The fourth-order valence-electron chi connectivity index (χ4n) is 1.71. The number of ether oxygens (including phenoxy) is 1. The Labute approximate surface area is 99.0 Å². The van der Waals surface area contributed by atoms with Gasteiger partial charge in [-0.3, -0.25) is 0 Å². The van der Waals surface area contributed by atoms with E-state index in [4.69, 9.17) is 15.6 Å². The lowest BCUT2D eigenvalue weighted by Crippen LogP contribution is -1.96. The molecule has 0 aliphatic heterocycles. The third-order valence-electron chi connectivity index (χ3n) is 2.42. The number of benzene rings is 1. The van der Waals surface area contributed by atoms with E-state index in [2.05, 4.69) is 5.92 Å². The van der Waals surface area contributed by atoms with Crippen molar-refractivity contribution >= 4 is 0 Å². The second-order valence-corrected chi connectivity index (χ2v) is 3.51. The molecule has 86 valence electrons. The van der Waals surface area contributed by atoms with Crippen LogP contribution >= 0.6 is 0 Å². The monoisotopic (exact) mass is 230 g/mol. The molecule has 2 nitrogen and oxygen atoms in total. The third-order valence-corrected chi connectivity index (χ3v) is 2.42. The molecule has 0 saturated heterocycles. The number of hydrogen-bond donors (Lipinski definition) is 0. The maximum atomic E-state index is 13.8. The van der Waals surface area contributed by atoms with Gasteiger partial charge in [0.05, 0.1) is 13.4 Å². The molecule has 2 aromatic rings. The second-order valence-electron chi connectivity index (χ2n) is 3.51. The molecule has 0 bridgehead atoms. The molecular formula is C14H11FO2. The highest BCUT2D eigenvalue weighted by Gasteiger charge is 2.13. The van der Waals surface area contributed by atoms with Crippen LogP contribution in [0.15, 0.2) is 34.9 Å². The number of hydrogen-bond acceptors (Lipinski definition) is 2. The zero-order valence-corrected chi connectivity index (χ0v) is 9.37. The summed E-state index contributed by atoms with van der Waals surface area (Å²) in [5.41, 5.74) is 1.29. The van der Waals surface area contributed by atoms with Gasteiger partial charge in [0.2, 0.25) is 0 Å². The van der Waals surface area contributed by atoms with Crippen molar-refractivity contribution in [2.45, 2.75) is 6.42 Å². The summed E-state index contributed by atoms with van der Waals surface area (Å²) in [6.45, 7) is 0. The maximum Gasteiger partial charge on any atom is 0.166 e. The van der Waals surface area contributed by atoms with Crippen molar-refractivity contribution in [3.8, 4) is 29.4 Å². The molecule has 1 heterocycles. The molecule has 3 heteroatoms. The lowest BCUT2D eigenvalue weighted by atomic mass is 10.0. The molecule has 0 radical (unpaired) electrons. The first-order valence-electron chi connectivity index (χ1n) is 5.10. The SMILES string of the molecule is C#CCc1cc(-c2ccco2)cc(F)c1OC. The zero-order chi connectivity index (χ0) is 12.3. The van der Waals surface area contributed by atoms with Crippen molar-refractivity contribution in [1.82, 2.24) is 0 Å². The van der Waals surface area contributed by atoms with Gasteiger partial charge in [0.1, 0.15) is 5.76 Å². The first-order valence-corrected chi connectivity index (χ1v) is 5.10. The standard InChI is InChI=1S/C14H11FO2/c1-3-5-10-8-11(13-6-4-7-17-13)9-12(15)14(10)16-2/h1,4,6-9H,5H2,2H3. The molecule has 0 N–H and O–H groups in total. The molecule has 0 saturated carbocycles. The van der Waals surface area contributed by atoms with Crippen molar-refractivity contribution < 1.29 is 13.5 Å². The Balaban J connectivity index is 2.54. The van der Waals surface area contributed by atoms with E-state index < -0.39 is 5.82 Å². The average molecular weight is 230 g/mol. The Bertz CT molecular complexity index is 550. The normalized spacial score (nSPS) is 9.94. The molecule has 0 aliphatic carbocycles. The number of halogens is 1. The van der Waals surface area contributed by atoms with Crippen molar-refractivity contribution in [2.75, 3.05) is 7.11 Å². The highest BCUT2D eigenvalue weighted by Crippen LogP contribution is 2.30. The molecule has 1 aromatic carbocycles. The van der Waals surface area contributed by atoms with Gasteiger partial charge >= 0.3 is 0 Å². The van der Waals surface area contributed by atoms with Crippen LogP contribution in [-0.2, 0) is 6.42 Å². The van der Waals surface area contributed by atoms with Gasteiger partial charge in [-0.15, -0.1) is 12.3 Å². The smallest absolute Gasteiger partial charge is 0.166 e. The first kappa shape index (κ1) is 11.3. The van der Waals surface area contributed by atoms with E-state index in [-0.39, 0.29) is 5.75 Å². The molecule has 2 rings (SSSR count). The van der Waals surface area contributed by atoms with E-state index in [1.165, 1.54) is 13.2 Å². The highest BCUT2D eigenvalue weighted by atomic mass is 19.1. The van der Waals surface area contributed by atoms with Crippen molar-refractivity contribution in [3.05, 3.63) is 41.9 Å². The van der Waals surface area contributed by atoms with E-state index in [0.29, 0.717) is 23.3 Å². The first-order chi connectivity index (χ1) is 8.26. The fourth-order valence-corrected chi connectivity index (χ4v) is 1.71.